The van der Waals surface area contributed by atoms with E-state index < -0.39 is 36.0 Å². The molecule has 0 spiro atoms. The first-order valence-corrected chi connectivity index (χ1v) is 14.9. The standard InChI is InChI=1S/C13H22N2O4.C8H15NO4.C5H8BrN.CH2O3.HI.3K/c1-3-18-12(16)10-11(13(17)19-4-2)15-9-7-5-6-8-14;1-3-12-7(10)5-6(9)8(11)13-4-2;6-4-2-1-3-5-7;2-1-4-3;;;;/h11,15H,3-7,9-10H2,1-2H3;6H,3-5,9H2,1-2H3;1-4H2;1,3H;1H;;;/q;;;;;3*+1/p-2. The molecule has 256 valence electrons. The third-order valence-corrected chi connectivity index (χ3v) is 4.91. The van der Waals surface area contributed by atoms with Crippen molar-refractivity contribution in [2.45, 2.75) is 91.1 Å². The summed E-state index contributed by atoms with van der Waals surface area (Å²) >= 11 is 3.27. The van der Waals surface area contributed by atoms with Crippen LogP contribution in [0.25, 0.3) is 0 Å². The molecule has 0 fully saturated rings. The molecule has 0 saturated carbocycles. The van der Waals surface area contributed by atoms with E-state index >= 15 is 0 Å². The molecule has 3 N–H and O–H groups in total. The van der Waals surface area contributed by atoms with E-state index in [0.29, 0.717) is 19.4 Å². The summed E-state index contributed by atoms with van der Waals surface area (Å²) in [5.41, 5.74) is 5.36. The third-order valence-electron chi connectivity index (χ3n) is 4.35. The summed E-state index contributed by atoms with van der Waals surface area (Å²) in [6.45, 7) is 8.28. The van der Waals surface area contributed by atoms with E-state index in [2.05, 4.69) is 47.7 Å². The maximum Gasteiger partial charge on any atom is 1.00 e. The van der Waals surface area contributed by atoms with Crippen molar-refractivity contribution in [2.75, 3.05) is 38.3 Å². The molecule has 0 aromatic heterocycles. The molecule has 15 nitrogen and oxygen atoms in total. The van der Waals surface area contributed by atoms with Crippen molar-refractivity contribution < 1.29 is 231 Å². The number of carbonyl (C=O) groups is 5. The zero-order valence-corrected chi connectivity index (χ0v) is 42.0. The van der Waals surface area contributed by atoms with Crippen LogP contribution in [0.5, 0.6) is 0 Å². The number of nitrogens with zero attached hydrogens (tertiary/aromatic N) is 2. The van der Waals surface area contributed by atoms with Crippen LogP contribution >= 0.6 is 15.9 Å². The average Bonchev–Trinajstić information content (AvgIpc) is 2.98. The molecular formula is C27H46BrIK3N4O11+. The summed E-state index contributed by atoms with van der Waals surface area (Å²) in [4.78, 5) is 56.1. The number of hydrogen-bond donors (Lipinski definition) is 2. The molecule has 0 saturated heterocycles. The number of alkyl halides is 1. The monoisotopic (exact) mass is 925 g/mol. The molecule has 0 radical (unpaired) electrons. The number of unbranched alkanes of at least 4 members (excludes halogenated alkanes) is 4. The largest absolute Gasteiger partial charge is 1.00 e. The quantitative estimate of drug-likeness (QED) is 0.0141. The molecule has 0 heterocycles. The van der Waals surface area contributed by atoms with Gasteiger partial charge in [0.2, 0.25) is 0 Å². The zero-order chi connectivity index (χ0) is 33.7. The second kappa shape index (κ2) is 57.7. The van der Waals surface area contributed by atoms with E-state index in [0.717, 1.165) is 31.0 Å². The average molecular weight is 927 g/mol. The Labute approximate surface area is 432 Å². The van der Waals surface area contributed by atoms with Gasteiger partial charge >= 0.3 is 178 Å². The Hall–Kier alpha value is 2.33. The van der Waals surface area contributed by atoms with Crippen LogP contribution in [-0.2, 0) is 47.8 Å². The smallest absolute Gasteiger partial charge is 1.00 e. The van der Waals surface area contributed by atoms with E-state index in [1.54, 1.807) is 27.7 Å². The molecule has 0 aliphatic carbocycles. The first kappa shape index (κ1) is 67.5. The van der Waals surface area contributed by atoms with E-state index in [1.807, 2.05) is 0 Å². The van der Waals surface area contributed by atoms with Crippen molar-refractivity contribution >= 4 is 46.3 Å². The molecule has 2 atom stereocenters. The van der Waals surface area contributed by atoms with E-state index in [-0.39, 0.29) is 224 Å². The van der Waals surface area contributed by atoms with Gasteiger partial charge in [0, 0.05) is 18.2 Å². The van der Waals surface area contributed by atoms with Gasteiger partial charge in [0.25, 0.3) is 6.47 Å². The number of halogens is 2. The second-order valence-corrected chi connectivity index (χ2v) is 8.54. The second-order valence-electron chi connectivity index (χ2n) is 7.75. The van der Waals surface area contributed by atoms with Crippen molar-refractivity contribution in [3.8, 4) is 12.1 Å². The van der Waals surface area contributed by atoms with Crippen LogP contribution in [0.1, 0.15) is 79.1 Å². The maximum atomic E-state index is 11.7. The van der Waals surface area contributed by atoms with Crippen molar-refractivity contribution in [1.82, 2.24) is 5.32 Å². The van der Waals surface area contributed by atoms with Crippen LogP contribution in [0.2, 0.25) is 0 Å². The predicted molar refractivity (Wildman–Crippen MR) is 155 cm³/mol. The normalized spacial score (nSPS) is 9.55. The molecular weight excluding hydrogens is 880 g/mol. The number of hydrogen-bond acceptors (Lipinski definition) is 15. The Bertz CT molecular complexity index is 828. The number of rotatable bonds is 19. The van der Waals surface area contributed by atoms with Crippen molar-refractivity contribution in [3.63, 3.8) is 0 Å². The molecule has 0 aliphatic rings. The van der Waals surface area contributed by atoms with Crippen molar-refractivity contribution in [3.05, 3.63) is 0 Å². The summed E-state index contributed by atoms with van der Waals surface area (Å²) in [6.07, 6.45) is 4.70. The van der Waals surface area contributed by atoms with Gasteiger partial charge in [-0.1, -0.05) is 15.9 Å². The topological polar surface area (TPSA) is 240 Å². The van der Waals surface area contributed by atoms with Crippen LogP contribution in [0.3, 0.4) is 0 Å². The van der Waals surface area contributed by atoms with Gasteiger partial charge in [0.05, 0.1) is 51.4 Å². The molecule has 47 heavy (non-hydrogen) atoms. The Balaban J connectivity index is -0.0000000790. The molecule has 0 aromatic carbocycles. The van der Waals surface area contributed by atoms with Crippen molar-refractivity contribution in [1.29, 1.82) is 10.5 Å². The number of esters is 4. The Morgan fingerprint density at radius 3 is 1.57 bits per heavy atom. The van der Waals surface area contributed by atoms with E-state index in [4.69, 9.17) is 35.8 Å². The molecule has 0 bridgehead atoms. The van der Waals surface area contributed by atoms with Crippen LogP contribution in [0.15, 0.2) is 0 Å². The molecule has 20 heteroatoms. The summed E-state index contributed by atoms with van der Waals surface area (Å²) in [7, 11) is 0. The third kappa shape index (κ3) is 57.9. The van der Waals surface area contributed by atoms with Crippen LogP contribution in [0.4, 0.5) is 0 Å². The van der Waals surface area contributed by atoms with Crippen LogP contribution in [-0.4, -0.2) is 80.7 Å². The first-order valence-electron chi connectivity index (χ1n) is 13.8. The Morgan fingerprint density at radius 2 is 1.19 bits per heavy atom. The number of carbonyl (C=O) groups excluding carboxylic acids is 5. The number of nitriles is 2. The van der Waals surface area contributed by atoms with Crippen LogP contribution in [0, 0.1) is 22.7 Å². The minimum absolute atomic E-state index is 0. The minimum atomic E-state index is -0.918. The Kier molecular flexibility index (Phi) is 82.8. The van der Waals surface area contributed by atoms with Crippen LogP contribution < -0.4 is 194 Å². The molecule has 0 aliphatic heterocycles. The van der Waals surface area contributed by atoms with Gasteiger partial charge in [-0.2, -0.15) is 10.5 Å². The molecule has 0 rings (SSSR count). The summed E-state index contributed by atoms with van der Waals surface area (Å²) in [6, 6.07) is 2.54. The van der Waals surface area contributed by atoms with Gasteiger partial charge in [0.1, 0.15) is 12.1 Å². The fraction of sp³-hybridized carbons (Fsp3) is 0.741. The fourth-order valence-corrected chi connectivity index (χ4v) is 2.90. The van der Waals surface area contributed by atoms with Gasteiger partial charge in [-0.3, -0.25) is 24.0 Å². The summed E-state index contributed by atoms with van der Waals surface area (Å²) in [5, 5.41) is 28.9. The SMILES string of the molecule is CCOC(=O)CC(N)C(=O)OCC.CCOC(=O)CC(NCCCCC#N)C(=O)OCC.N#CCCCCBr.O=CO[O-].[I-].[K+].[K+].[K+]. The van der Waals surface area contributed by atoms with Gasteiger partial charge < -0.3 is 64.1 Å². The zero-order valence-electron chi connectivity index (χ0n) is 28.8. The van der Waals surface area contributed by atoms with Gasteiger partial charge in [0.15, 0.2) is 0 Å². The first-order chi connectivity index (χ1) is 20.6. The van der Waals surface area contributed by atoms with Crippen molar-refractivity contribution in [2.24, 2.45) is 5.73 Å². The molecule has 0 amide bonds. The fourth-order valence-electron chi connectivity index (χ4n) is 2.50. The Morgan fingerprint density at radius 1 is 0.787 bits per heavy atom. The molecule has 0 aromatic rings. The number of ether oxygens (including phenoxy) is 4. The summed E-state index contributed by atoms with van der Waals surface area (Å²) in [5.74, 6) is -1.93. The van der Waals surface area contributed by atoms with Gasteiger partial charge in [-0.15, -0.1) is 0 Å². The molecule has 2 unspecified atom stereocenters. The van der Waals surface area contributed by atoms with E-state index in [1.165, 1.54) is 0 Å². The predicted octanol–water partition coefficient (Wildman–Crippen LogP) is -10.5. The van der Waals surface area contributed by atoms with Gasteiger partial charge in [-0.25, -0.2) is 0 Å². The number of nitrogens with one attached hydrogen (secondary N) is 1. The number of nitrogens with two attached hydrogens (primary N) is 1. The van der Waals surface area contributed by atoms with E-state index in [9.17, 15) is 19.2 Å². The maximum absolute atomic E-state index is 11.7. The van der Waals surface area contributed by atoms with Gasteiger partial charge in [-0.05, 0) is 59.9 Å². The minimum Gasteiger partial charge on any atom is -1.00 e. The summed E-state index contributed by atoms with van der Waals surface area (Å²) < 4.78 is 18.9.